The normalized spacial score (nSPS) is 12.6. The first-order valence-corrected chi connectivity index (χ1v) is 7.73. The Morgan fingerprint density at radius 3 is 1.50 bits per heavy atom. The van der Waals surface area contributed by atoms with E-state index in [1.54, 1.807) is 12.5 Å². The fraction of sp³-hybridized carbons (Fsp3) is 0.526. The second-order valence-corrected chi connectivity index (χ2v) is 7.64. The number of ketones is 1. The molecule has 2 heterocycles. The summed E-state index contributed by atoms with van der Waals surface area (Å²) in [4.78, 5) is 12.6. The van der Waals surface area contributed by atoms with Crippen LogP contribution in [0.3, 0.4) is 0 Å². The molecule has 3 nitrogen and oxygen atoms in total. The molecule has 0 unspecified atom stereocenters. The molecule has 2 aromatic rings. The monoisotopic (exact) mass is 302 g/mol. The van der Waals surface area contributed by atoms with Crippen LogP contribution in [0, 0.1) is 13.8 Å². The van der Waals surface area contributed by atoms with E-state index in [1.165, 1.54) is 0 Å². The van der Waals surface area contributed by atoms with Gasteiger partial charge in [0.2, 0.25) is 0 Å². The summed E-state index contributed by atoms with van der Waals surface area (Å²) in [6, 6.07) is 4.02. The highest BCUT2D eigenvalue weighted by Gasteiger charge is 2.32. The van der Waals surface area contributed by atoms with Crippen LogP contribution in [0.25, 0.3) is 0 Å². The molecule has 0 amide bonds. The summed E-state index contributed by atoms with van der Waals surface area (Å²) in [6.07, 6.45) is 4.39. The van der Waals surface area contributed by atoms with Crippen molar-refractivity contribution in [2.24, 2.45) is 0 Å². The van der Waals surface area contributed by atoms with Gasteiger partial charge in [-0.25, -0.2) is 0 Å². The summed E-state index contributed by atoms with van der Waals surface area (Å²) in [7, 11) is 0. The maximum atomic E-state index is 12.6. The van der Waals surface area contributed by atoms with Crippen LogP contribution in [0.15, 0.2) is 33.5 Å². The average molecular weight is 302 g/mol. The van der Waals surface area contributed by atoms with Crippen molar-refractivity contribution < 1.29 is 13.6 Å². The van der Waals surface area contributed by atoms with Gasteiger partial charge in [0.25, 0.3) is 0 Å². The Hall–Kier alpha value is -1.77. The van der Waals surface area contributed by atoms with Crippen LogP contribution in [0.5, 0.6) is 0 Å². The van der Waals surface area contributed by atoms with Crippen LogP contribution in [0.4, 0.5) is 0 Å². The lowest BCUT2D eigenvalue weighted by Crippen LogP contribution is -2.27. The Bertz CT molecular complexity index is 600. The van der Waals surface area contributed by atoms with Crippen molar-refractivity contribution in [3.63, 3.8) is 0 Å². The quantitative estimate of drug-likeness (QED) is 0.746. The molecule has 0 radical (unpaired) electrons. The topological polar surface area (TPSA) is 43.4 Å². The molecule has 2 aromatic heterocycles. The Balaban J connectivity index is 2.06. The minimum atomic E-state index is -0.291. The number of Topliss-reactive ketones (excluding diaryl/α,β-unsaturated/α-hetero) is 1. The van der Waals surface area contributed by atoms with E-state index in [-0.39, 0.29) is 16.6 Å². The van der Waals surface area contributed by atoms with Gasteiger partial charge in [-0.2, -0.15) is 0 Å². The number of hydrogen-bond donors (Lipinski definition) is 0. The number of hydrogen-bond acceptors (Lipinski definition) is 3. The van der Waals surface area contributed by atoms with Gasteiger partial charge in [-0.05, 0) is 37.1 Å². The molecule has 0 aliphatic carbocycles. The van der Waals surface area contributed by atoms with Gasteiger partial charge in [-0.3, -0.25) is 4.79 Å². The smallest absolute Gasteiger partial charge is 0.134 e. The largest absolute Gasteiger partial charge is 0.468 e. The van der Waals surface area contributed by atoms with Gasteiger partial charge in [0.05, 0.1) is 12.5 Å². The Morgan fingerprint density at radius 1 is 0.864 bits per heavy atom. The zero-order chi connectivity index (χ0) is 16.5. The van der Waals surface area contributed by atoms with E-state index in [2.05, 4.69) is 0 Å². The molecule has 0 spiro atoms. The Morgan fingerprint density at radius 2 is 1.23 bits per heavy atom. The minimum absolute atomic E-state index is 0.220. The van der Waals surface area contributed by atoms with Gasteiger partial charge in [0, 0.05) is 23.7 Å². The molecule has 0 aliphatic rings. The van der Waals surface area contributed by atoms with Crippen LogP contribution in [-0.2, 0) is 15.6 Å². The third-order valence-electron chi connectivity index (χ3n) is 4.07. The molecule has 0 N–H and O–H groups in total. The second kappa shape index (κ2) is 5.79. The van der Waals surface area contributed by atoms with Gasteiger partial charge in [0.1, 0.15) is 17.3 Å². The average Bonchev–Trinajstić information content (AvgIpc) is 2.96. The van der Waals surface area contributed by atoms with Crippen molar-refractivity contribution in [3.05, 3.63) is 47.3 Å². The molecular weight excluding hydrogens is 276 g/mol. The molecule has 2 rings (SSSR count). The lowest BCUT2D eigenvalue weighted by Gasteiger charge is -2.25. The van der Waals surface area contributed by atoms with Gasteiger partial charge < -0.3 is 8.83 Å². The van der Waals surface area contributed by atoms with E-state index in [0.29, 0.717) is 12.8 Å². The van der Waals surface area contributed by atoms with E-state index in [4.69, 9.17) is 8.83 Å². The fourth-order valence-corrected chi connectivity index (χ4v) is 2.79. The molecular formula is C19H26O3. The van der Waals surface area contributed by atoms with Crippen LogP contribution in [0.1, 0.15) is 63.2 Å². The van der Waals surface area contributed by atoms with E-state index in [0.717, 1.165) is 22.6 Å². The number of aryl methyl sites for hydroxylation is 2. The molecule has 22 heavy (non-hydrogen) atoms. The number of rotatable bonds is 6. The fourth-order valence-electron chi connectivity index (χ4n) is 2.79. The SMILES string of the molecule is Cc1coc(C(C)(C)CC(=O)CC(C)(C)c2cc(C)co2)c1. The Labute approximate surface area is 132 Å². The van der Waals surface area contributed by atoms with Gasteiger partial charge in [-0.15, -0.1) is 0 Å². The number of carbonyl (C=O) groups is 1. The molecule has 0 saturated heterocycles. The minimum Gasteiger partial charge on any atom is -0.468 e. The molecule has 0 fully saturated rings. The summed E-state index contributed by atoms with van der Waals surface area (Å²) >= 11 is 0. The van der Waals surface area contributed by atoms with E-state index >= 15 is 0 Å². The molecule has 0 atom stereocenters. The van der Waals surface area contributed by atoms with Crippen molar-refractivity contribution >= 4 is 5.78 Å². The first-order valence-electron chi connectivity index (χ1n) is 7.73. The van der Waals surface area contributed by atoms with Crippen molar-refractivity contribution in [1.82, 2.24) is 0 Å². The summed E-state index contributed by atoms with van der Waals surface area (Å²) in [6.45, 7) is 12.2. The van der Waals surface area contributed by atoms with Crippen molar-refractivity contribution in [1.29, 1.82) is 0 Å². The first kappa shape index (κ1) is 16.6. The lowest BCUT2D eigenvalue weighted by atomic mass is 9.78. The molecule has 0 bridgehead atoms. The highest BCUT2D eigenvalue weighted by molar-refractivity contribution is 5.81. The molecule has 3 heteroatoms. The summed E-state index contributed by atoms with van der Waals surface area (Å²) in [5.74, 6) is 1.95. The highest BCUT2D eigenvalue weighted by Crippen LogP contribution is 2.33. The highest BCUT2D eigenvalue weighted by atomic mass is 16.3. The van der Waals surface area contributed by atoms with E-state index < -0.39 is 0 Å². The van der Waals surface area contributed by atoms with Crippen LogP contribution in [-0.4, -0.2) is 5.78 Å². The maximum Gasteiger partial charge on any atom is 0.134 e. The van der Waals surface area contributed by atoms with Crippen molar-refractivity contribution in [2.75, 3.05) is 0 Å². The van der Waals surface area contributed by atoms with Crippen LogP contribution >= 0.6 is 0 Å². The zero-order valence-corrected chi connectivity index (χ0v) is 14.4. The molecule has 0 aliphatic heterocycles. The summed E-state index contributed by atoms with van der Waals surface area (Å²) < 4.78 is 11.2. The molecule has 0 saturated carbocycles. The predicted molar refractivity (Wildman–Crippen MR) is 87.2 cm³/mol. The third kappa shape index (κ3) is 3.70. The predicted octanol–water partition coefficient (Wildman–Crippen LogP) is 5.09. The van der Waals surface area contributed by atoms with Crippen molar-refractivity contribution in [3.8, 4) is 0 Å². The second-order valence-electron chi connectivity index (χ2n) is 7.64. The van der Waals surface area contributed by atoms with E-state index in [1.807, 2.05) is 53.7 Å². The third-order valence-corrected chi connectivity index (χ3v) is 4.07. The standard InChI is InChI=1S/C19H26O3/c1-13-7-16(21-11-13)18(3,4)9-15(20)10-19(5,6)17-8-14(2)12-22-17/h7-8,11-12H,9-10H2,1-6H3. The van der Waals surface area contributed by atoms with Crippen LogP contribution in [0.2, 0.25) is 0 Å². The van der Waals surface area contributed by atoms with Gasteiger partial charge >= 0.3 is 0 Å². The first-order chi connectivity index (χ1) is 10.1. The number of furan rings is 2. The molecule has 120 valence electrons. The maximum absolute atomic E-state index is 12.6. The van der Waals surface area contributed by atoms with Crippen molar-refractivity contribution in [2.45, 2.75) is 65.2 Å². The summed E-state index contributed by atoms with van der Waals surface area (Å²) in [5, 5.41) is 0. The van der Waals surface area contributed by atoms with Crippen LogP contribution < -0.4 is 0 Å². The molecule has 0 aromatic carbocycles. The summed E-state index contributed by atoms with van der Waals surface area (Å²) in [5.41, 5.74) is 1.59. The number of carbonyl (C=O) groups excluding carboxylic acids is 1. The lowest BCUT2D eigenvalue weighted by molar-refractivity contribution is -0.121. The Kier molecular flexibility index (Phi) is 4.37. The van der Waals surface area contributed by atoms with Gasteiger partial charge in [0.15, 0.2) is 0 Å². The van der Waals surface area contributed by atoms with Gasteiger partial charge in [-0.1, -0.05) is 27.7 Å². The van der Waals surface area contributed by atoms with E-state index in [9.17, 15) is 4.79 Å². The zero-order valence-electron chi connectivity index (χ0n) is 14.4.